The van der Waals surface area contributed by atoms with Crippen LogP contribution in [0.2, 0.25) is 18.1 Å². The minimum atomic E-state index is -1.67. The van der Waals surface area contributed by atoms with Gasteiger partial charge in [0, 0.05) is 5.69 Å². The van der Waals surface area contributed by atoms with Gasteiger partial charge in [0.25, 0.3) is 0 Å². The maximum atomic E-state index is 6.19. The first-order valence-electron chi connectivity index (χ1n) is 6.73. The van der Waals surface area contributed by atoms with Crippen LogP contribution >= 0.6 is 0 Å². The zero-order valence-electron chi connectivity index (χ0n) is 12.9. The second-order valence-corrected chi connectivity index (χ2v) is 11.6. The molecule has 3 heteroatoms. The lowest BCUT2D eigenvalue weighted by atomic mass is 10.1. The smallest absolute Gasteiger partial charge is 0.192 e. The van der Waals surface area contributed by atoms with Crippen molar-refractivity contribution in [1.29, 1.82) is 0 Å². The summed E-state index contributed by atoms with van der Waals surface area (Å²) < 4.78 is 6.19. The summed E-state index contributed by atoms with van der Waals surface area (Å²) in [4.78, 5) is 4.65. The van der Waals surface area contributed by atoms with Crippen molar-refractivity contribution in [3.05, 3.63) is 29.6 Å². The number of pyridine rings is 1. The molecule has 0 unspecified atom stereocenters. The highest BCUT2D eigenvalue weighted by Gasteiger charge is 2.37. The summed E-state index contributed by atoms with van der Waals surface area (Å²) in [5.74, 6) is 0.470. The van der Waals surface area contributed by atoms with Crippen molar-refractivity contribution in [3.63, 3.8) is 0 Å². The van der Waals surface area contributed by atoms with Crippen LogP contribution in [-0.4, -0.2) is 13.3 Å². The van der Waals surface area contributed by atoms with E-state index in [1.165, 1.54) is 0 Å². The summed E-state index contributed by atoms with van der Waals surface area (Å²) in [5.41, 5.74) is 2.19. The molecule has 0 N–H and O–H groups in total. The highest BCUT2D eigenvalue weighted by molar-refractivity contribution is 6.74. The second-order valence-electron chi connectivity index (χ2n) is 6.76. The average Bonchev–Trinajstić information content (AvgIpc) is 2.25. The number of aromatic nitrogens is 1. The van der Waals surface area contributed by atoms with E-state index < -0.39 is 8.32 Å². The third kappa shape index (κ3) is 3.92. The van der Waals surface area contributed by atoms with Gasteiger partial charge >= 0.3 is 0 Å². The van der Waals surface area contributed by atoms with E-state index in [0.29, 0.717) is 12.5 Å². The van der Waals surface area contributed by atoms with Crippen LogP contribution in [0.25, 0.3) is 0 Å². The topological polar surface area (TPSA) is 22.1 Å². The van der Waals surface area contributed by atoms with Crippen LogP contribution in [0.15, 0.2) is 18.2 Å². The average molecular weight is 265 g/mol. The molecule has 1 heterocycles. The Hall–Kier alpha value is -0.673. The molecule has 0 saturated heterocycles. The van der Waals surface area contributed by atoms with E-state index in [1.807, 2.05) is 0 Å². The summed E-state index contributed by atoms with van der Waals surface area (Å²) in [5, 5.41) is 0.253. The Balaban J connectivity index is 2.72. The highest BCUT2D eigenvalue weighted by atomic mass is 28.4. The van der Waals surface area contributed by atoms with Gasteiger partial charge < -0.3 is 4.43 Å². The van der Waals surface area contributed by atoms with Crippen LogP contribution in [0.4, 0.5) is 0 Å². The van der Waals surface area contributed by atoms with Crippen molar-refractivity contribution in [2.75, 3.05) is 0 Å². The second kappa shape index (κ2) is 5.53. The SMILES string of the molecule is CC(C)c1cccc(CO[Si](C)(C)C(C)(C)C)n1. The standard InChI is InChI=1S/C15H27NOSi/c1-12(2)14-10-8-9-13(16-14)11-17-18(6,7)15(3,4)5/h8-10,12H,11H2,1-7H3. The normalized spacial score (nSPS) is 13.1. The number of hydrogen-bond donors (Lipinski definition) is 0. The van der Waals surface area contributed by atoms with Gasteiger partial charge in [-0.25, -0.2) is 0 Å². The Labute approximate surface area is 113 Å². The van der Waals surface area contributed by atoms with E-state index in [-0.39, 0.29) is 5.04 Å². The molecule has 0 radical (unpaired) electrons. The Morgan fingerprint density at radius 3 is 2.33 bits per heavy atom. The van der Waals surface area contributed by atoms with Gasteiger partial charge in [0.1, 0.15) is 0 Å². The molecule has 18 heavy (non-hydrogen) atoms. The number of rotatable bonds is 4. The number of hydrogen-bond acceptors (Lipinski definition) is 2. The summed E-state index contributed by atoms with van der Waals surface area (Å²) in [6, 6.07) is 6.21. The first-order chi connectivity index (χ1) is 8.13. The lowest BCUT2D eigenvalue weighted by molar-refractivity contribution is 0.271. The van der Waals surface area contributed by atoms with Crippen LogP contribution in [0.1, 0.15) is 51.9 Å². The fraction of sp³-hybridized carbons (Fsp3) is 0.667. The molecule has 0 bridgehead atoms. The first kappa shape index (κ1) is 15.4. The molecule has 0 spiro atoms. The van der Waals surface area contributed by atoms with E-state index in [1.54, 1.807) is 0 Å². The zero-order chi connectivity index (χ0) is 14.0. The molecule has 1 aromatic rings. The van der Waals surface area contributed by atoms with Crippen molar-refractivity contribution in [2.24, 2.45) is 0 Å². The monoisotopic (exact) mass is 265 g/mol. The van der Waals surface area contributed by atoms with Crippen molar-refractivity contribution in [3.8, 4) is 0 Å². The maximum Gasteiger partial charge on any atom is 0.192 e. The van der Waals surface area contributed by atoms with Crippen LogP contribution < -0.4 is 0 Å². The molecular formula is C15H27NOSi. The number of nitrogens with zero attached hydrogens (tertiary/aromatic N) is 1. The molecule has 1 aromatic heterocycles. The Morgan fingerprint density at radius 2 is 1.83 bits per heavy atom. The molecule has 102 valence electrons. The van der Waals surface area contributed by atoms with Gasteiger partial charge in [-0.05, 0) is 36.2 Å². The minimum absolute atomic E-state index is 0.253. The summed E-state index contributed by atoms with van der Waals surface area (Å²) >= 11 is 0. The van der Waals surface area contributed by atoms with E-state index in [4.69, 9.17) is 4.43 Å². The third-order valence-corrected chi connectivity index (χ3v) is 8.29. The molecule has 0 fully saturated rings. The Kier molecular flexibility index (Phi) is 4.73. The molecule has 0 atom stereocenters. The maximum absolute atomic E-state index is 6.19. The summed E-state index contributed by atoms with van der Waals surface area (Å²) in [6.07, 6.45) is 0. The third-order valence-electron chi connectivity index (χ3n) is 3.81. The lowest BCUT2D eigenvalue weighted by Gasteiger charge is -2.36. The van der Waals surface area contributed by atoms with Gasteiger partial charge in [-0.15, -0.1) is 0 Å². The van der Waals surface area contributed by atoms with E-state index in [0.717, 1.165) is 11.4 Å². The van der Waals surface area contributed by atoms with Gasteiger partial charge in [0.15, 0.2) is 8.32 Å². The molecule has 0 aliphatic heterocycles. The van der Waals surface area contributed by atoms with E-state index >= 15 is 0 Å². The molecule has 0 aliphatic carbocycles. The van der Waals surface area contributed by atoms with Crippen molar-refractivity contribution in [2.45, 2.75) is 65.3 Å². The quantitative estimate of drug-likeness (QED) is 0.734. The van der Waals surface area contributed by atoms with E-state index in [9.17, 15) is 0 Å². The molecule has 0 aliphatic rings. The molecule has 1 rings (SSSR count). The Morgan fingerprint density at radius 1 is 1.22 bits per heavy atom. The molecule has 0 amide bonds. The first-order valence-corrected chi connectivity index (χ1v) is 9.64. The zero-order valence-corrected chi connectivity index (χ0v) is 13.9. The largest absolute Gasteiger partial charge is 0.411 e. The van der Waals surface area contributed by atoms with Gasteiger partial charge in [0.05, 0.1) is 12.3 Å². The fourth-order valence-corrected chi connectivity index (χ4v) is 2.31. The lowest BCUT2D eigenvalue weighted by Crippen LogP contribution is -2.40. The van der Waals surface area contributed by atoms with Crippen molar-refractivity contribution in [1.82, 2.24) is 4.98 Å². The molecule has 2 nitrogen and oxygen atoms in total. The predicted octanol–water partition coefficient (Wildman–Crippen LogP) is 4.73. The van der Waals surface area contributed by atoms with Gasteiger partial charge in [-0.3, -0.25) is 4.98 Å². The van der Waals surface area contributed by atoms with Crippen LogP contribution in [0, 0.1) is 0 Å². The van der Waals surface area contributed by atoms with Gasteiger partial charge in [-0.2, -0.15) is 0 Å². The van der Waals surface area contributed by atoms with Gasteiger partial charge in [-0.1, -0.05) is 40.7 Å². The van der Waals surface area contributed by atoms with E-state index in [2.05, 4.69) is 70.9 Å². The molecule has 0 aromatic carbocycles. The van der Waals surface area contributed by atoms with Crippen LogP contribution in [0.3, 0.4) is 0 Å². The summed E-state index contributed by atoms with van der Waals surface area (Å²) in [7, 11) is -1.67. The predicted molar refractivity (Wildman–Crippen MR) is 80.3 cm³/mol. The fourth-order valence-electron chi connectivity index (χ4n) is 1.37. The van der Waals surface area contributed by atoms with Crippen LogP contribution in [0.5, 0.6) is 0 Å². The van der Waals surface area contributed by atoms with Crippen molar-refractivity contribution < 1.29 is 4.43 Å². The Bertz CT molecular complexity index is 394. The van der Waals surface area contributed by atoms with Gasteiger partial charge in [0.2, 0.25) is 0 Å². The van der Waals surface area contributed by atoms with Crippen LogP contribution in [-0.2, 0) is 11.0 Å². The minimum Gasteiger partial charge on any atom is -0.411 e. The summed E-state index contributed by atoms with van der Waals surface area (Å²) in [6.45, 7) is 16.3. The highest BCUT2D eigenvalue weighted by Crippen LogP contribution is 2.36. The molecule has 0 saturated carbocycles. The van der Waals surface area contributed by atoms with Crippen molar-refractivity contribution >= 4 is 8.32 Å². The molecular weight excluding hydrogens is 238 g/mol.